The van der Waals surface area contributed by atoms with Crippen molar-refractivity contribution in [1.82, 2.24) is 0 Å². The van der Waals surface area contributed by atoms with Crippen LogP contribution in [0.3, 0.4) is 0 Å². The Labute approximate surface area is 112 Å². The number of carbonyl (C=O) groups is 2. The van der Waals surface area contributed by atoms with Crippen molar-refractivity contribution in [3.8, 4) is 0 Å². The highest BCUT2D eigenvalue weighted by Gasteiger charge is 2.60. The Bertz CT molecular complexity index is 393. The first kappa shape index (κ1) is 13.1. The molecular weight excluding hydrogens is 248 g/mol. The number of carbonyl (C=O) groups excluding carboxylic acids is 2. The quantitative estimate of drug-likeness (QED) is 0.666. The summed E-state index contributed by atoms with van der Waals surface area (Å²) in [5, 5.41) is 0. The molecule has 0 aromatic carbocycles. The molecule has 0 aliphatic carbocycles. The van der Waals surface area contributed by atoms with Crippen LogP contribution in [0.1, 0.15) is 32.1 Å². The maximum absolute atomic E-state index is 12.1. The van der Waals surface area contributed by atoms with Crippen LogP contribution in [0.2, 0.25) is 0 Å². The molecule has 0 aromatic heterocycles. The largest absolute Gasteiger partial charge is 0.469 e. The van der Waals surface area contributed by atoms with Gasteiger partial charge < -0.3 is 14.2 Å². The smallest absolute Gasteiger partial charge is 0.311 e. The van der Waals surface area contributed by atoms with Crippen molar-refractivity contribution in [2.45, 2.75) is 43.8 Å². The molecule has 5 heteroatoms. The SMILES string of the molecule is COC(=O)[C@@H]1CCCCC(=O)[C@@H]2C[C@H]3COC[C@@]31O2. The van der Waals surface area contributed by atoms with E-state index in [1.807, 2.05) is 0 Å². The molecule has 3 rings (SSSR count). The second-order valence-corrected chi connectivity index (χ2v) is 5.80. The van der Waals surface area contributed by atoms with Crippen LogP contribution in [0, 0.1) is 11.8 Å². The summed E-state index contributed by atoms with van der Waals surface area (Å²) in [5.41, 5.74) is -0.627. The molecule has 3 aliphatic heterocycles. The molecule has 0 saturated carbocycles. The molecule has 0 radical (unpaired) electrons. The molecule has 3 aliphatic rings. The van der Waals surface area contributed by atoms with E-state index in [9.17, 15) is 9.59 Å². The standard InChI is InChI=1S/C14H20O5/c1-17-13(16)10-4-2-3-5-11(15)12-6-9-7-18-8-14(9,10)19-12/h9-10,12H,2-8H2,1H3/t9-,10-,12-,14+/m0/s1. The third-order valence-electron chi connectivity index (χ3n) is 4.80. The third kappa shape index (κ3) is 1.99. The van der Waals surface area contributed by atoms with Gasteiger partial charge in [0.05, 0.1) is 26.2 Å². The summed E-state index contributed by atoms with van der Waals surface area (Å²) in [6, 6.07) is 0. The number of ketones is 1. The maximum Gasteiger partial charge on any atom is 0.311 e. The first-order chi connectivity index (χ1) is 9.17. The van der Waals surface area contributed by atoms with Crippen LogP contribution in [0.25, 0.3) is 0 Å². The van der Waals surface area contributed by atoms with E-state index < -0.39 is 5.60 Å². The van der Waals surface area contributed by atoms with Gasteiger partial charge >= 0.3 is 5.97 Å². The Morgan fingerprint density at radius 1 is 1.42 bits per heavy atom. The first-order valence-electron chi connectivity index (χ1n) is 7.03. The second kappa shape index (κ2) is 4.87. The summed E-state index contributed by atoms with van der Waals surface area (Å²) in [4.78, 5) is 24.2. The average molecular weight is 268 g/mol. The van der Waals surface area contributed by atoms with Crippen molar-refractivity contribution in [3.05, 3.63) is 0 Å². The molecule has 4 atom stereocenters. The predicted octanol–water partition coefficient (Wildman–Crippen LogP) is 1.09. The van der Waals surface area contributed by atoms with E-state index in [4.69, 9.17) is 14.2 Å². The van der Waals surface area contributed by atoms with Crippen LogP contribution in [-0.4, -0.2) is 43.8 Å². The fourth-order valence-corrected chi connectivity index (χ4v) is 3.77. The normalized spacial score (nSPS) is 42.2. The van der Waals surface area contributed by atoms with Crippen LogP contribution >= 0.6 is 0 Å². The molecule has 3 heterocycles. The predicted molar refractivity (Wildman–Crippen MR) is 65.5 cm³/mol. The molecule has 106 valence electrons. The highest BCUT2D eigenvalue weighted by molar-refractivity contribution is 5.84. The van der Waals surface area contributed by atoms with Gasteiger partial charge in [-0.1, -0.05) is 6.42 Å². The van der Waals surface area contributed by atoms with Gasteiger partial charge in [-0.15, -0.1) is 0 Å². The Balaban J connectivity index is 1.94. The van der Waals surface area contributed by atoms with Crippen LogP contribution < -0.4 is 0 Å². The molecule has 5 nitrogen and oxygen atoms in total. The molecule has 0 unspecified atom stereocenters. The number of rotatable bonds is 1. The monoisotopic (exact) mass is 268 g/mol. The van der Waals surface area contributed by atoms with E-state index in [2.05, 4.69) is 0 Å². The van der Waals surface area contributed by atoms with E-state index in [0.29, 0.717) is 32.5 Å². The minimum Gasteiger partial charge on any atom is -0.469 e. The number of hydrogen-bond donors (Lipinski definition) is 0. The highest BCUT2D eigenvalue weighted by atomic mass is 16.6. The lowest BCUT2D eigenvalue weighted by Gasteiger charge is -2.34. The van der Waals surface area contributed by atoms with Crippen molar-refractivity contribution < 1.29 is 23.8 Å². The van der Waals surface area contributed by atoms with Crippen LogP contribution in [0.4, 0.5) is 0 Å². The number of fused-ring (bicyclic) bond motifs is 1. The minimum atomic E-state index is -0.627. The summed E-state index contributed by atoms with van der Waals surface area (Å²) in [6.45, 7) is 0.985. The third-order valence-corrected chi connectivity index (χ3v) is 4.80. The number of methoxy groups -OCH3 is 1. The molecule has 0 N–H and O–H groups in total. The van der Waals surface area contributed by atoms with Crippen LogP contribution in [0.5, 0.6) is 0 Å². The van der Waals surface area contributed by atoms with Gasteiger partial charge in [-0.05, 0) is 19.3 Å². The highest BCUT2D eigenvalue weighted by Crippen LogP contribution is 2.48. The van der Waals surface area contributed by atoms with Gasteiger partial charge in [-0.25, -0.2) is 0 Å². The fourth-order valence-electron chi connectivity index (χ4n) is 3.77. The summed E-state index contributed by atoms with van der Waals surface area (Å²) < 4.78 is 16.6. The van der Waals surface area contributed by atoms with Crippen molar-refractivity contribution >= 4 is 11.8 Å². The van der Waals surface area contributed by atoms with Gasteiger partial charge in [0.15, 0.2) is 5.78 Å². The first-order valence-corrected chi connectivity index (χ1v) is 7.03. The Kier molecular flexibility index (Phi) is 3.35. The lowest BCUT2D eigenvalue weighted by molar-refractivity contribution is -0.166. The van der Waals surface area contributed by atoms with E-state index in [1.54, 1.807) is 0 Å². The molecule has 1 spiro atoms. The van der Waals surface area contributed by atoms with Crippen LogP contribution in [-0.2, 0) is 23.8 Å². The second-order valence-electron chi connectivity index (χ2n) is 5.80. The average Bonchev–Trinajstić information content (AvgIpc) is 2.95. The summed E-state index contributed by atoms with van der Waals surface area (Å²) in [6.07, 6.45) is 3.30. The van der Waals surface area contributed by atoms with Crippen LogP contribution in [0.15, 0.2) is 0 Å². The topological polar surface area (TPSA) is 61.8 Å². The molecule has 2 bridgehead atoms. The van der Waals surface area contributed by atoms with Crippen molar-refractivity contribution in [1.29, 1.82) is 0 Å². The lowest BCUT2D eigenvalue weighted by atomic mass is 9.76. The molecule has 0 aromatic rings. The number of hydrogen-bond acceptors (Lipinski definition) is 5. The van der Waals surface area contributed by atoms with E-state index in [0.717, 1.165) is 12.8 Å². The minimum absolute atomic E-state index is 0.142. The fraction of sp³-hybridized carbons (Fsp3) is 0.857. The van der Waals surface area contributed by atoms with Gasteiger partial charge in [0.1, 0.15) is 11.7 Å². The van der Waals surface area contributed by atoms with Crippen molar-refractivity contribution in [2.24, 2.45) is 11.8 Å². The maximum atomic E-state index is 12.1. The number of Topliss-reactive ketones (excluding diaryl/α,β-unsaturated/α-hetero) is 1. The van der Waals surface area contributed by atoms with E-state index >= 15 is 0 Å². The molecule has 3 saturated heterocycles. The molecular formula is C14H20O5. The summed E-state index contributed by atoms with van der Waals surface area (Å²) in [5.74, 6) is -0.214. The summed E-state index contributed by atoms with van der Waals surface area (Å²) in [7, 11) is 1.41. The Morgan fingerprint density at radius 3 is 3.05 bits per heavy atom. The molecule has 19 heavy (non-hydrogen) atoms. The number of esters is 1. The van der Waals surface area contributed by atoms with Gasteiger partial charge in [-0.2, -0.15) is 0 Å². The van der Waals surface area contributed by atoms with Crippen molar-refractivity contribution in [3.63, 3.8) is 0 Å². The Morgan fingerprint density at radius 2 is 2.26 bits per heavy atom. The zero-order valence-electron chi connectivity index (χ0n) is 11.2. The zero-order chi connectivity index (χ0) is 13.5. The zero-order valence-corrected chi connectivity index (χ0v) is 11.2. The number of ether oxygens (including phenoxy) is 3. The summed E-state index contributed by atoms with van der Waals surface area (Å²) >= 11 is 0. The van der Waals surface area contributed by atoms with Gasteiger partial charge in [0.25, 0.3) is 0 Å². The lowest BCUT2D eigenvalue weighted by Crippen LogP contribution is -2.48. The van der Waals surface area contributed by atoms with Gasteiger partial charge in [0, 0.05) is 12.3 Å². The Hall–Kier alpha value is -0.940. The van der Waals surface area contributed by atoms with Gasteiger partial charge in [-0.3, -0.25) is 9.59 Å². The van der Waals surface area contributed by atoms with E-state index in [-0.39, 0.29) is 29.7 Å². The van der Waals surface area contributed by atoms with E-state index in [1.165, 1.54) is 7.11 Å². The van der Waals surface area contributed by atoms with Gasteiger partial charge in [0.2, 0.25) is 0 Å². The molecule has 0 amide bonds. The van der Waals surface area contributed by atoms with Crippen molar-refractivity contribution in [2.75, 3.05) is 20.3 Å². The molecule has 3 fully saturated rings.